The number of primary amides is 1. The molecule has 0 saturated heterocycles. The van der Waals surface area contributed by atoms with Crippen LogP contribution in [0.2, 0.25) is 0 Å². The van der Waals surface area contributed by atoms with Gasteiger partial charge in [0.15, 0.2) is 0 Å². The number of hydrogen-bond acceptors (Lipinski definition) is 2. The number of benzene rings is 2. The van der Waals surface area contributed by atoms with Gasteiger partial charge in [0.2, 0.25) is 11.8 Å². The minimum absolute atomic E-state index is 0.201. The molecule has 0 bridgehead atoms. The Morgan fingerprint density at radius 2 is 1.75 bits per heavy atom. The molecule has 0 aliphatic heterocycles. The number of aryl methyl sites for hydroxylation is 1. The van der Waals surface area contributed by atoms with E-state index in [1.54, 1.807) is 6.08 Å². The topological polar surface area (TPSA) is 72.2 Å². The van der Waals surface area contributed by atoms with E-state index >= 15 is 0 Å². The summed E-state index contributed by atoms with van der Waals surface area (Å²) in [4.78, 5) is 23.6. The van der Waals surface area contributed by atoms with Gasteiger partial charge in [-0.15, -0.1) is 0 Å². The maximum Gasteiger partial charge on any atom is 0.240 e. The first-order valence-electron chi connectivity index (χ1n) is 7.90. The summed E-state index contributed by atoms with van der Waals surface area (Å²) in [7, 11) is 0. The molecular weight excluding hydrogens is 300 g/mol. The van der Waals surface area contributed by atoms with Crippen LogP contribution in [0.15, 0.2) is 60.7 Å². The highest BCUT2D eigenvalue weighted by Crippen LogP contribution is 2.06. The molecule has 1 unspecified atom stereocenters. The first-order chi connectivity index (χ1) is 11.5. The lowest BCUT2D eigenvalue weighted by Crippen LogP contribution is -2.45. The molecule has 2 aromatic carbocycles. The fourth-order valence-electron chi connectivity index (χ4n) is 2.31. The van der Waals surface area contributed by atoms with Crippen LogP contribution in [0, 0.1) is 6.92 Å². The average molecular weight is 322 g/mol. The van der Waals surface area contributed by atoms with Gasteiger partial charge >= 0.3 is 0 Å². The van der Waals surface area contributed by atoms with Crippen molar-refractivity contribution in [3.63, 3.8) is 0 Å². The van der Waals surface area contributed by atoms with Crippen LogP contribution in [0.5, 0.6) is 0 Å². The molecule has 0 aliphatic carbocycles. The molecule has 0 heterocycles. The predicted octanol–water partition coefficient (Wildman–Crippen LogP) is 2.61. The fourth-order valence-corrected chi connectivity index (χ4v) is 2.31. The average Bonchev–Trinajstić information content (AvgIpc) is 2.57. The molecular formula is C20H22N2O2. The smallest absolute Gasteiger partial charge is 0.240 e. The molecule has 0 spiro atoms. The zero-order valence-corrected chi connectivity index (χ0v) is 13.7. The molecule has 2 amide bonds. The Kier molecular flexibility index (Phi) is 6.32. The van der Waals surface area contributed by atoms with Gasteiger partial charge < -0.3 is 11.1 Å². The number of nitrogens with two attached hydrogens (primary N) is 1. The van der Waals surface area contributed by atoms with Gasteiger partial charge in [0.25, 0.3) is 0 Å². The minimum atomic E-state index is -0.701. The van der Waals surface area contributed by atoms with E-state index < -0.39 is 11.9 Å². The second-order valence-electron chi connectivity index (χ2n) is 5.73. The van der Waals surface area contributed by atoms with Crippen molar-refractivity contribution in [1.29, 1.82) is 0 Å². The zero-order chi connectivity index (χ0) is 17.4. The number of hydrogen-bond donors (Lipinski definition) is 2. The van der Waals surface area contributed by atoms with E-state index in [0.29, 0.717) is 6.42 Å². The largest absolute Gasteiger partial charge is 0.368 e. The van der Waals surface area contributed by atoms with Crippen LogP contribution in [0.1, 0.15) is 23.1 Å². The van der Waals surface area contributed by atoms with E-state index in [1.165, 1.54) is 5.56 Å². The Morgan fingerprint density at radius 3 is 2.38 bits per heavy atom. The predicted molar refractivity (Wildman–Crippen MR) is 96.1 cm³/mol. The minimum Gasteiger partial charge on any atom is -0.368 e. The summed E-state index contributed by atoms with van der Waals surface area (Å²) < 4.78 is 0. The van der Waals surface area contributed by atoms with Crippen molar-refractivity contribution in [3.8, 4) is 0 Å². The quantitative estimate of drug-likeness (QED) is 0.822. The molecule has 2 aromatic rings. The summed E-state index contributed by atoms with van der Waals surface area (Å²) in [5.74, 6) is -0.757. The molecule has 0 fully saturated rings. The van der Waals surface area contributed by atoms with Gasteiger partial charge in [0.05, 0.1) is 0 Å². The maximum absolute atomic E-state index is 12.0. The summed E-state index contributed by atoms with van der Waals surface area (Å²) in [6, 6.07) is 16.8. The third-order valence-corrected chi connectivity index (χ3v) is 3.65. The Hall–Kier alpha value is -2.88. The van der Waals surface area contributed by atoms with Gasteiger partial charge in [-0.2, -0.15) is 0 Å². The normalized spacial score (nSPS) is 12.0. The van der Waals surface area contributed by atoms with Crippen LogP contribution in [-0.2, 0) is 16.0 Å². The third-order valence-electron chi connectivity index (χ3n) is 3.65. The maximum atomic E-state index is 12.0. The van der Waals surface area contributed by atoms with Gasteiger partial charge in [0, 0.05) is 12.8 Å². The lowest BCUT2D eigenvalue weighted by atomic mass is 10.1. The molecule has 4 heteroatoms. The number of rotatable bonds is 7. The molecule has 0 aliphatic rings. The molecule has 0 radical (unpaired) electrons. The van der Waals surface area contributed by atoms with E-state index in [-0.39, 0.29) is 12.3 Å². The van der Waals surface area contributed by atoms with E-state index in [9.17, 15) is 9.59 Å². The van der Waals surface area contributed by atoms with E-state index in [0.717, 1.165) is 11.1 Å². The molecule has 124 valence electrons. The van der Waals surface area contributed by atoms with Crippen molar-refractivity contribution in [2.75, 3.05) is 0 Å². The van der Waals surface area contributed by atoms with Crippen molar-refractivity contribution in [2.45, 2.75) is 25.8 Å². The van der Waals surface area contributed by atoms with Crippen molar-refractivity contribution in [3.05, 3.63) is 77.4 Å². The van der Waals surface area contributed by atoms with Crippen molar-refractivity contribution >= 4 is 17.9 Å². The molecule has 4 nitrogen and oxygen atoms in total. The van der Waals surface area contributed by atoms with E-state index in [1.807, 2.05) is 67.6 Å². The summed E-state index contributed by atoms with van der Waals surface area (Å²) in [5.41, 5.74) is 8.57. The highest BCUT2D eigenvalue weighted by molar-refractivity contribution is 5.87. The second kappa shape index (κ2) is 8.67. The molecule has 1 atom stereocenters. The molecule has 0 aromatic heterocycles. The van der Waals surface area contributed by atoms with Gasteiger partial charge in [-0.25, -0.2) is 0 Å². The van der Waals surface area contributed by atoms with Crippen LogP contribution in [0.25, 0.3) is 6.08 Å². The standard InChI is InChI=1S/C20H22N2O2/c1-15-10-12-16(13-11-15)8-5-9-19(23)22-18(20(21)24)14-17-6-3-2-4-7-17/h2-8,10-13,18H,9,14H2,1H3,(H2,21,24)(H,22,23)/b8-5+. The van der Waals surface area contributed by atoms with Crippen molar-refractivity contribution < 1.29 is 9.59 Å². The Balaban J connectivity index is 1.88. The zero-order valence-electron chi connectivity index (χ0n) is 13.7. The Morgan fingerprint density at radius 1 is 1.08 bits per heavy atom. The highest BCUT2D eigenvalue weighted by Gasteiger charge is 2.17. The lowest BCUT2D eigenvalue weighted by molar-refractivity contribution is -0.126. The molecule has 24 heavy (non-hydrogen) atoms. The summed E-state index contributed by atoms with van der Waals surface area (Å²) in [6.45, 7) is 2.03. The summed E-state index contributed by atoms with van der Waals surface area (Å²) in [5, 5.41) is 2.70. The van der Waals surface area contributed by atoms with Crippen LogP contribution < -0.4 is 11.1 Å². The summed E-state index contributed by atoms with van der Waals surface area (Å²) >= 11 is 0. The fraction of sp³-hybridized carbons (Fsp3) is 0.200. The van der Waals surface area contributed by atoms with Crippen LogP contribution in [0.3, 0.4) is 0 Å². The molecule has 0 saturated carbocycles. The van der Waals surface area contributed by atoms with Crippen LogP contribution in [-0.4, -0.2) is 17.9 Å². The SMILES string of the molecule is Cc1ccc(/C=C/CC(=O)NC(Cc2ccccc2)C(N)=O)cc1. The third kappa shape index (κ3) is 5.72. The second-order valence-corrected chi connectivity index (χ2v) is 5.73. The highest BCUT2D eigenvalue weighted by atomic mass is 16.2. The Labute approximate surface area is 142 Å². The van der Waals surface area contributed by atoms with Gasteiger partial charge in [-0.05, 0) is 18.1 Å². The Bertz CT molecular complexity index is 706. The molecule has 3 N–H and O–H groups in total. The van der Waals surface area contributed by atoms with Gasteiger partial charge in [0.1, 0.15) is 6.04 Å². The number of carbonyl (C=O) groups is 2. The van der Waals surface area contributed by atoms with Gasteiger partial charge in [-0.1, -0.05) is 72.3 Å². The monoisotopic (exact) mass is 322 g/mol. The number of nitrogens with one attached hydrogen (secondary N) is 1. The van der Waals surface area contributed by atoms with Crippen LogP contribution in [0.4, 0.5) is 0 Å². The number of amides is 2. The molecule has 2 rings (SSSR count). The first kappa shape index (κ1) is 17.5. The summed E-state index contributed by atoms with van der Waals surface area (Å²) in [6.07, 6.45) is 4.26. The first-order valence-corrected chi connectivity index (χ1v) is 7.90. The van der Waals surface area contributed by atoms with Crippen molar-refractivity contribution in [1.82, 2.24) is 5.32 Å². The number of carbonyl (C=O) groups excluding carboxylic acids is 2. The van der Waals surface area contributed by atoms with Crippen molar-refractivity contribution in [2.24, 2.45) is 5.73 Å². The van der Waals surface area contributed by atoms with Gasteiger partial charge in [-0.3, -0.25) is 9.59 Å². The van der Waals surface area contributed by atoms with E-state index in [4.69, 9.17) is 5.73 Å². The lowest BCUT2D eigenvalue weighted by Gasteiger charge is -2.15. The van der Waals surface area contributed by atoms with Crippen LogP contribution >= 0.6 is 0 Å². The van der Waals surface area contributed by atoms with E-state index in [2.05, 4.69) is 5.32 Å².